The molecule has 26 nitrogen and oxygen atoms in total. The Hall–Kier alpha value is -12.0. The van der Waals surface area contributed by atoms with Gasteiger partial charge < -0.3 is 73.8 Å². The van der Waals surface area contributed by atoms with Gasteiger partial charge in [0.25, 0.3) is 10.1 Å². The average molecular weight is 1640 g/mol. The van der Waals surface area contributed by atoms with Gasteiger partial charge >= 0.3 is 59.1 Å². The molecule has 0 radical (unpaired) electrons. The molecule has 115 heavy (non-hydrogen) atoms. The number of halogens is 1. The molecule has 9 N–H and O–H groups in total. The van der Waals surface area contributed by atoms with Crippen molar-refractivity contribution in [2.24, 2.45) is 0 Å². The number of hydrogen-bond acceptors (Lipinski definition) is 25. The van der Waals surface area contributed by atoms with Crippen molar-refractivity contribution in [2.75, 3.05) is 42.7 Å². The molecule has 12 rings (SSSR count). The number of phenols is 8. The number of phenolic OH excluding ortho intramolecular Hbond substituents is 8. The van der Waals surface area contributed by atoms with E-state index in [1.165, 1.54) is 127 Å². The van der Waals surface area contributed by atoms with Gasteiger partial charge in [-0.3, -0.25) is 33.3 Å². The van der Waals surface area contributed by atoms with Crippen LogP contribution in [0.25, 0.3) is 0 Å². The van der Waals surface area contributed by atoms with Crippen LogP contribution in [0.4, 0.5) is 0 Å². The summed E-state index contributed by atoms with van der Waals surface area (Å²) in [7, 11) is -1.18. The van der Waals surface area contributed by atoms with E-state index < -0.39 is 64.7 Å². The molecular weight excluding hydrogens is 1570 g/mol. The number of hydrogen-bond donors (Lipinski definition) is 9. The van der Waals surface area contributed by atoms with Gasteiger partial charge in [0.2, 0.25) is 0 Å². The van der Waals surface area contributed by atoms with Crippen molar-refractivity contribution < 1.29 is 154 Å². The molecule has 0 bridgehead atoms. The number of carbonyl (C=O) groups is 6. The van der Waals surface area contributed by atoms with Crippen LogP contribution in [0.3, 0.4) is 0 Å². The van der Waals surface area contributed by atoms with Gasteiger partial charge in [0.1, 0.15) is 95.5 Å². The minimum atomic E-state index is -4.84. The van der Waals surface area contributed by atoms with Crippen LogP contribution >= 0.6 is 11.6 Å². The number of aromatic hydroxyl groups is 8. The molecule has 0 aliphatic rings. The van der Waals surface area contributed by atoms with Gasteiger partial charge in [0.05, 0.1) is 92.1 Å². The third-order valence-electron chi connectivity index (χ3n) is 15.9. The molecule has 584 valence electrons. The second-order valence-electron chi connectivity index (χ2n) is 23.1. The first-order valence-corrected chi connectivity index (χ1v) is 36.0. The van der Waals surface area contributed by atoms with Crippen LogP contribution in [-0.4, -0.2) is 174 Å². The molecule has 12 aromatic carbocycles. The van der Waals surface area contributed by atoms with Crippen LogP contribution in [0.5, 0.6) is 80.5 Å². The summed E-state index contributed by atoms with van der Waals surface area (Å²) in [5, 5.41) is 78.5. The zero-order chi connectivity index (χ0) is 82.9. The normalized spacial score (nSPS) is 10.3. The van der Waals surface area contributed by atoms with Crippen molar-refractivity contribution in [1.29, 1.82) is 0 Å². The number of ketones is 6. The SMILES string of the molecule is COc1cc(O)c(C(=O)c2ccccc2)cc1S(=O)(=O)O.COc1cc(O)c(C(=O)c2ccccc2)cc1S(=O)(=O)[O-].COc1ccc(C(=O)c2ccc(OC)cc2O)c(O)c1.COc1ccc(C(=O)c2ccccc2)c(O)c1.COc1ccc(C(=O)c2ccccc2O)c(O)c1.O=C(c1ccccc1)c1cc(Cl)ccc1O.[Na+].[NaH]. The van der Waals surface area contributed by atoms with Crippen molar-refractivity contribution >= 4 is 96.1 Å². The second kappa shape index (κ2) is 43.9. The molecule has 0 heterocycles. The van der Waals surface area contributed by atoms with Gasteiger partial charge in [0, 0.05) is 63.7 Å². The summed E-state index contributed by atoms with van der Waals surface area (Å²) < 4.78 is 94.8. The summed E-state index contributed by atoms with van der Waals surface area (Å²) in [4.78, 5) is 71.7. The third-order valence-corrected chi connectivity index (χ3v) is 17.9. The Labute approximate surface area is 709 Å². The van der Waals surface area contributed by atoms with E-state index in [4.69, 9.17) is 44.6 Å². The molecule has 0 aromatic heterocycles. The fraction of sp³-hybridized carbons (Fsp3) is 0.0714. The molecule has 12 aromatic rings. The van der Waals surface area contributed by atoms with Gasteiger partial charge in [-0.2, -0.15) is 8.42 Å². The molecule has 0 aliphatic carbocycles. The van der Waals surface area contributed by atoms with E-state index in [1.54, 1.807) is 133 Å². The maximum absolute atomic E-state index is 12.3. The number of benzene rings is 12. The Morgan fingerprint density at radius 3 is 0.826 bits per heavy atom. The standard InChI is InChI=1S/C15H14O5.2C14H12O6S.C14H12O4.C14H12O3.C13H9ClO2.2Na.H/c1-19-9-3-5-11(13(16)7-9)15(18)12-6-4-10(20-2)8-14(12)17;2*1-20-12-8-11(15)10(7-13(12)21(17,18)19)14(16)9-5-3-2-4-6-9;1-18-9-6-7-11(13(16)8-9)14(17)10-4-2-3-5-12(10)15;1-17-11-7-8-12(13(15)9-11)14(16)10-5-3-2-4-6-10;14-10-6-7-12(15)11(8-10)13(16)9-4-2-1-3-5-9;;;/h3-8,16-17H,1-2H3;2*2-8,15H,1H3,(H,17,18,19);2-8,15-16H,1H3;2-9,15H,1H3;1-8,15H;;;/q;;;;;;;+1;/p-1. The number of methoxy groups -OCH3 is 6. The van der Waals surface area contributed by atoms with Gasteiger partial charge in [0.15, 0.2) is 34.7 Å². The summed E-state index contributed by atoms with van der Waals surface area (Å²) >= 11 is 5.79. The Kier molecular flexibility index (Phi) is 35.7. The van der Waals surface area contributed by atoms with Crippen molar-refractivity contribution in [2.45, 2.75) is 9.79 Å². The first-order chi connectivity index (χ1) is 53.8. The molecule has 0 atom stereocenters. The van der Waals surface area contributed by atoms with Crippen LogP contribution in [-0.2, 0) is 20.2 Å². The van der Waals surface area contributed by atoms with E-state index in [9.17, 15) is 91.0 Å². The summed E-state index contributed by atoms with van der Waals surface area (Å²) in [6, 6.07) is 65.6. The molecule has 0 fully saturated rings. The fourth-order valence-electron chi connectivity index (χ4n) is 10.1. The van der Waals surface area contributed by atoms with Crippen molar-refractivity contribution in [3.05, 3.63) is 333 Å². The molecular formula is C84H71ClNa2O26S2. The summed E-state index contributed by atoms with van der Waals surface area (Å²) in [6.45, 7) is 0. The van der Waals surface area contributed by atoms with Gasteiger partial charge in [-0.1, -0.05) is 145 Å². The predicted molar refractivity (Wildman–Crippen MR) is 420 cm³/mol. The number of para-hydroxylation sites is 1. The summed E-state index contributed by atoms with van der Waals surface area (Å²) in [5.41, 5.74) is 2.04. The van der Waals surface area contributed by atoms with Gasteiger partial charge in [-0.05, 0) is 91.0 Å². The van der Waals surface area contributed by atoms with Crippen LogP contribution in [0.2, 0.25) is 5.02 Å². The molecule has 0 spiro atoms. The molecule has 31 heteroatoms. The van der Waals surface area contributed by atoms with Crippen LogP contribution in [0, 0.1) is 0 Å². The molecule has 0 saturated carbocycles. The molecule has 0 unspecified atom stereocenters. The quantitative estimate of drug-likeness (QED) is 0.0194. The second-order valence-corrected chi connectivity index (χ2v) is 26.3. The maximum atomic E-state index is 12.3. The predicted octanol–water partition coefficient (Wildman–Crippen LogP) is 10.4. The zero-order valence-electron chi connectivity index (χ0n) is 61.5. The summed E-state index contributed by atoms with van der Waals surface area (Å²) in [5.74, 6) is -2.95. The van der Waals surface area contributed by atoms with E-state index in [-0.39, 0.29) is 172 Å². The van der Waals surface area contributed by atoms with Gasteiger partial charge in [-0.25, -0.2) is 8.42 Å². The monoisotopic (exact) mass is 1640 g/mol. The van der Waals surface area contributed by atoms with Gasteiger partial charge in [-0.15, -0.1) is 0 Å². The van der Waals surface area contributed by atoms with E-state index >= 15 is 0 Å². The fourth-order valence-corrected chi connectivity index (χ4v) is 11.6. The summed E-state index contributed by atoms with van der Waals surface area (Å²) in [6.07, 6.45) is 0. The van der Waals surface area contributed by atoms with Crippen LogP contribution in [0.15, 0.2) is 271 Å². The molecule has 0 aliphatic heterocycles. The third kappa shape index (κ3) is 25.5. The van der Waals surface area contributed by atoms with E-state index in [2.05, 4.69) is 0 Å². The Balaban J connectivity index is 0.000000246. The molecule has 0 saturated heterocycles. The minimum absolute atomic E-state index is 0. The first-order valence-electron chi connectivity index (χ1n) is 32.8. The first kappa shape index (κ1) is 93.6. The Morgan fingerprint density at radius 2 is 0.539 bits per heavy atom. The average Bonchev–Trinajstić information content (AvgIpc) is 0.785. The van der Waals surface area contributed by atoms with Crippen molar-refractivity contribution in [1.82, 2.24) is 0 Å². The molecule has 0 amide bonds. The van der Waals surface area contributed by atoms with E-state index in [0.29, 0.717) is 39.1 Å². The van der Waals surface area contributed by atoms with E-state index in [1.807, 2.05) is 12.1 Å². The number of ether oxygens (including phenoxy) is 6. The van der Waals surface area contributed by atoms with Crippen molar-refractivity contribution in [3.63, 3.8) is 0 Å². The Bertz CT molecular complexity index is 5470. The van der Waals surface area contributed by atoms with Crippen LogP contribution < -0.4 is 58.0 Å². The zero-order valence-corrected chi connectivity index (χ0v) is 65.9. The van der Waals surface area contributed by atoms with E-state index in [0.717, 1.165) is 31.4 Å². The topological polar surface area (TPSA) is 431 Å². The number of rotatable bonds is 20. The Morgan fingerprint density at radius 1 is 0.287 bits per heavy atom. The van der Waals surface area contributed by atoms with Crippen molar-refractivity contribution in [3.8, 4) is 80.5 Å². The number of carbonyl (C=O) groups excluding carboxylic acids is 6. The van der Waals surface area contributed by atoms with Crippen LogP contribution in [0.1, 0.15) is 95.5 Å².